The monoisotopic (exact) mass is 479 g/mol. The molecule has 1 atom stereocenters. The minimum atomic E-state index is -0.905. The van der Waals surface area contributed by atoms with Gasteiger partial charge >= 0.3 is 12.0 Å². The molecular formula is C25H22ClN3O5. The molecule has 3 aliphatic rings. The van der Waals surface area contributed by atoms with Crippen LogP contribution in [0.4, 0.5) is 10.5 Å². The lowest BCUT2D eigenvalue weighted by atomic mass is 9.85. The summed E-state index contributed by atoms with van der Waals surface area (Å²) in [6.45, 7) is -0.415. The normalized spacial score (nSPS) is 21.1. The molecule has 0 saturated carbocycles. The smallest absolute Gasteiger partial charge is 0.331 e. The zero-order valence-electron chi connectivity index (χ0n) is 18.1. The Hall–Kier alpha value is -3.91. The second-order valence-electron chi connectivity index (χ2n) is 8.09. The molecule has 1 heterocycles. The third kappa shape index (κ3) is 5.35. The highest BCUT2D eigenvalue weighted by Gasteiger charge is 2.35. The van der Waals surface area contributed by atoms with Gasteiger partial charge in [-0.15, -0.1) is 0 Å². The topological polar surface area (TPSA) is 116 Å². The number of carbonyl (C=O) groups is 4. The average Bonchev–Trinajstić information content (AvgIpc) is 3.08. The number of nitrogens with zero attached hydrogens (tertiary/aromatic N) is 1. The van der Waals surface area contributed by atoms with Crippen LogP contribution in [0.2, 0.25) is 5.02 Å². The van der Waals surface area contributed by atoms with Crippen LogP contribution in [0.5, 0.6) is 0 Å². The Morgan fingerprint density at radius 1 is 1.12 bits per heavy atom. The first-order chi connectivity index (χ1) is 16.3. The number of carboxylic acid groups (broad SMARTS) is 1. The van der Waals surface area contributed by atoms with Gasteiger partial charge in [-0.05, 0) is 60.8 Å². The number of amides is 4. The number of carboxylic acids is 1. The molecule has 34 heavy (non-hydrogen) atoms. The quantitative estimate of drug-likeness (QED) is 0.422. The molecule has 8 nitrogen and oxygen atoms in total. The molecule has 1 aromatic carbocycles. The lowest BCUT2D eigenvalue weighted by molar-refractivity contribution is -0.132. The van der Waals surface area contributed by atoms with Gasteiger partial charge in [-0.1, -0.05) is 42.0 Å². The number of urea groups is 1. The van der Waals surface area contributed by atoms with E-state index >= 15 is 0 Å². The number of benzene rings is 1. The van der Waals surface area contributed by atoms with Crippen molar-refractivity contribution in [2.45, 2.75) is 19.3 Å². The second-order valence-corrected chi connectivity index (χ2v) is 8.53. The van der Waals surface area contributed by atoms with Crippen LogP contribution in [0.1, 0.15) is 19.3 Å². The van der Waals surface area contributed by atoms with E-state index in [0.29, 0.717) is 35.5 Å². The number of halogens is 1. The average molecular weight is 480 g/mol. The van der Waals surface area contributed by atoms with Crippen molar-refractivity contribution in [3.63, 3.8) is 0 Å². The van der Waals surface area contributed by atoms with Gasteiger partial charge in [-0.2, -0.15) is 0 Å². The summed E-state index contributed by atoms with van der Waals surface area (Å²) >= 11 is 5.83. The van der Waals surface area contributed by atoms with Gasteiger partial charge in [0.05, 0.1) is 0 Å². The highest BCUT2D eigenvalue weighted by molar-refractivity contribution is 6.30. The molecule has 3 N–H and O–H groups in total. The Morgan fingerprint density at radius 2 is 1.88 bits per heavy atom. The van der Waals surface area contributed by atoms with E-state index in [9.17, 15) is 19.2 Å². The van der Waals surface area contributed by atoms with E-state index in [1.807, 2.05) is 24.3 Å². The van der Waals surface area contributed by atoms with Crippen molar-refractivity contribution in [2.24, 2.45) is 5.92 Å². The summed E-state index contributed by atoms with van der Waals surface area (Å²) in [5.41, 5.74) is 3.13. The van der Waals surface area contributed by atoms with Crippen LogP contribution in [0.15, 0.2) is 83.1 Å². The number of nitrogens with one attached hydrogen (secondary N) is 2. The summed E-state index contributed by atoms with van der Waals surface area (Å²) in [6.07, 6.45) is 12.6. The largest absolute Gasteiger partial charge is 0.478 e. The molecular weight excluding hydrogens is 458 g/mol. The van der Waals surface area contributed by atoms with Gasteiger partial charge in [-0.3, -0.25) is 9.59 Å². The summed E-state index contributed by atoms with van der Waals surface area (Å²) < 4.78 is 0. The first-order valence-corrected chi connectivity index (χ1v) is 11.1. The fourth-order valence-corrected chi connectivity index (χ4v) is 4.09. The Balaban J connectivity index is 1.39. The molecule has 0 bridgehead atoms. The minimum Gasteiger partial charge on any atom is -0.478 e. The van der Waals surface area contributed by atoms with Gasteiger partial charge in [0, 0.05) is 22.2 Å². The SMILES string of the molecule is O=C(CN1C(=O)N/C(=C\C2C=CC=C(C3=CC=C(C(=O)O)CC3)C2)C1=O)Nc1ccc(Cl)cc1. The Morgan fingerprint density at radius 3 is 2.56 bits per heavy atom. The number of anilines is 1. The molecule has 4 rings (SSSR count). The highest BCUT2D eigenvalue weighted by atomic mass is 35.5. The van der Waals surface area contributed by atoms with Crippen molar-refractivity contribution in [1.29, 1.82) is 0 Å². The fourth-order valence-electron chi connectivity index (χ4n) is 3.96. The van der Waals surface area contributed by atoms with Crippen molar-refractivity contribution in [3.8, 4) is 0 Å². The molecule has 1 saturated heterocycles. The van der Waals surface area contributed by atoms with Gasteiger partial charge in [0.25, 0.3) is 5.91 Å². The van der Waals surface area contributed by atoms with E-state index in [0.717, 1.165) is 16.0 Å². The van der Waals surface area contributed by atoms with Crippen molar-refractivity contribution in [2.75, 3.05) is 11.9 Å². The predicted octanol–water partition coefficient (Wildman–Crippen LogP) is 3.95. The van der Waals surface area contributed by atoms with Crippen molar-refractivity contribution in [3.05, 3.63) is 88.2 Å². The summed E-state index contributed by atoms with van der Waals surface area (Å²) in [5.74, 6) is -2.11. The van der Waals surface area contributed by atoms with Crippen molar-refractivity contribution >= 4 is 41.1 Å². The maximum Gasteiger partial charge on any atom is 0.331 e. The molecule has 0 spiro atoms. The van der Waals surface area contributed by atoms with E-state index in [4.69, 9.17) is 16.7 Å². The molecule has 1 unspecified atom stereocenters. The van der Waals surface area contributed by atoms with Crippen LogP contribution in [0.25, 0.3) is 0 Å². The van der Waals surface area contributed by atoms with Crippen LogP contribution in [-0.4, -0.2) is 40.4 Å². The van der Waals surface area contributed by atoms with Gasteiger partial charge in [0.2, 0.25) is 5.91 Å². The van der Waals surface area contributed by atoms with E-state index in [2.05, 4.69) is 10.6 Å². The Labute approximate surface area is 201 Å². The molecule has 1 aliphatic heterocycles. The maximum atomic E-state index is 12.8. The standard InChI is InChI=1S/C25H22ClN3O5/c26-19-8-10-20(11-9-19)27-22(30)14-29-23(31)21(28-25(29)34)13-15-2-1-3-18(12-15)16-4-6-17(7-5-16)24(32)33/h1-4,6,8-11,13,15H,5,7,12,14H2,(H,27,30)(H,28,34)(H,32,33)/b21-13-. The second kappa shape index (κ2) is 9.93. The lowest BCUT2D eigenvalue weighted by Gasteiger charge is -2.20. The number of carbonyl (C=O) groups excluding carboxylic acids is 3. The summed E-state index contributed by atoms with van der Waals surface area (Å²) in [7, 11) is 0. The van der Waals surface area contributed by atoms with Crippen LogP contribution >= 0.6 is 11.6 Å². The summed E-state index contributed by atoms with van der Waals surface area (Å²) in [6, 6.07) is 5.84. The van der Waals surface area contributed by atoms with E-state index < -0.39 is 30.4 Å². The van der Waals surface area contributed by atoms with Crippen LogP contribution in [0, 0.1) is 5.92 Å². The van der Waals surface area contributed by atoms with Gasteiger partial charge in [0.15, 0.2) is 0 Å². The number of aliphatic carboxylic acids is 1. The van der Waals surface area contributed by atoms with Crippen molar-refractivity contribution < 1.29 is 24.3 Å². The van der Waals surface area contributed by atoms with Gasteiger partial charge < -0.3 is 15.7 Å². The Bertz CT molecular complexity index is 1210. The van der Waals surface area contributed by atoms with E-state index in [1.54, 1.807) is 36.4 Å². The lowest BCUT2D eigenvalue weighted by Crippen LogP contribution is -2.38. The minimum absolute atomic E-state index is 0.130. The van der Waals surface area contributed by atoms with Crippen LogP contribution in [0.3, 0.4) is 0 Å². The van der Waals surface area contributed by atoms with Crippen LogP contribution < -0.4 is 10.6 Å². The molecule has 1 fully saturated rings. The molecule has 1 aromatic rings. The number of allylic oxidation sites excluding steroid dienone is 8. The molecule has 0 aromatic heterocycles. The number of hydrogen-bond acceptors (Lipinski definition) is 4. The van der Waals surface area contributed by atoms with E-state index in [-0.39, 0.29) is 11.6 Å². The molecule has 2 aliphatic carbocycles. The maximum absolute atomic E-state index is 12.8. The predicted molar refractivity (Wildman–Crippen MR) is 127 cm³/mol. The molecule has 4 amide bonds. The number of hydrogen-bond donors (Lipinski definition) is 3. The van der Waals surface area contributed by atoms with Gasteiger partial charge in [0.1, 0.15) is 12.2 Å². The number of imide groups is 1. The summed E-state index contributed by atoms with van der Waals surface area (Å²) in [5, 5.41) is 14.8. The number of rotatable bonds is 6. The Kier molecular flexibility index (Phi) is 6.79. The zero-order valence-corrected chi connectivity index (χ0v) is 18.8. The fraction of sp³-hybridized carbons (Fsp3) is 0.200. The first kappa shape index (κ1) is 23.3. The van der Waals surface area contributed by atoms with Crippen LogP contribution in [-0.2, 0) is 14.4 Å². The molecule has 9 heteroatoms. The summed E-state index contributed by atoms with van der Waals surface area (Å²) in [4.78, 5) is 49.4. The highest BCUT2D eigenvalue weighted by Crippen LogP contribution is 2.32. The van der Waals surface area contributed by atoms with E-state index in [1.165, 1.54) is 0 Å². The third-order valence-corrected chi connectivity index (χ3v) is 5.97. The zero-order chi connectivity index (χ0) is 24.2. The molecule has 174 valence electrons. The third-order valence-electron chi connectivity index (χ3n) is 5.72. The van der Waals surface area contributed by atoms with Crippen molar-refractivity contribution in [1.82, 2.24) is 10.2 Å². The first-order valence-electron chi connectivity index (χ1n) is 10.7. The molecule has 0 radical (unpaired) electrons. The van der Waals surface area contributed by atoms with Gasteiger partial charge in [-0.25, -0.2) is 14.5 Å².